The van der Waals surface area contributed by atoms with Gasteiger partial charge in [-0.2, -0.15) is 5.10 Å². The van der Waals surface area contributed by atoms with E-state index in [2.05, 4.69) is 46.4 Å². The molecule has 0 aromatic heterocycles. The van der Waals surface area contributed by atoms with Crippen molar-refractivity contribution in [2.45, 2.75) is 41.0 Å². The fraction of sp³-hybridized carbons (Fsp3) is 0.750. The summed E-state index contributed by atoms with van der Waals surface area (Å²) < 4.78 is 0. The Labute approximate surface area is 94.0 Å². The van der Waals surface area contributed by atoms with Gasteiger partial charge in [-0.05, 0) is 12.3 Å². The smallest absolute Gasteiger partial charge is 0.0425 e. The van der Waals surface area contributed by atoms with Crippen molar-refractivity contribution in [3.05, 3.63) is 11.9 Å². The first kappa shape index (κ1) is 14.0. The fourth-order valence-corrected chi connectivity index (χ4v) is 0.921. The maximum Gasteiger partial charge on any atom is 0.0425 e. The number of nitrogens with zero attached hydrogens (tertiary/aromatic N) is 2. The topological polar surface area (TPSA) is 41.6 Å². The predicted octanol–water partition coefficient (Wildman–Crippen LogP) is 2.80. The van der Waals surface area contributed by atoms with Crippen LogP contribution in [0, 0.1) is 11.3 Å². The van der Waals surface area contributed by atoms with E-state index in [1.807, 2.05) is 11.2 Å². The zero-order chi connectivity index (χ0) is 12.1. The van der Waals surface area contributed by atoms with Crippen LogP contribution in [0.5, 0.6) is 0 Å². The Morgan fingerprint density at radius 3 is 2.33 bits per heavy atom. The van der Waals surface area contributed by atoms with Gasteiger partial charge in [-0.1, -0.05) is 34.6 Å². The second kappa shape index (κ2) is 5.79. The highest BCUT2D eigenvalue weighted by Crippen LogP contribution is 2.21. The lowest BCUT2D eigenvalue weighted by molar-refractivity contribution is 0.352. The summed E-state index contributed by atoms with van der Waals surface area (Å²) in [6.07, 6.45) is 2.97. The zero-order valence-corrected chi connectivity index (χ0v) is 10.7. The van der Waals surface area contributed by atoms with Crippen LogP contribution in [-0.4, -0.2) is 18.3 Å². The van der Waals surface area contributed by atoms with Crippen molar-refractivity contribution in [1.29, 1.82) is 0 Å². The van der Waals surface area contributed by atoms with Crippen LogP contribution in [0.25, 0.3) is 0 Å². The molecule has 0 saturated heterocycles. The van der Waals surface area contributed by atoms with Gasteiger partial charge in [0, 0.05) is 30.6 Å². The van der Waals surface area contributed by atoms with Gasteiger partial charge in [0.25, 0.3) is 0 Å². The number of rotatable bonds is 5. The average molecular weight is 211 g/mol. The van der Waals surface area contributed by atoms with Crippen LogP contribution in [0.4, 0.5) is 0 Å². The molecule has 0 rings (SSSR count). The van der Waals surface area contributed by atoms with Crippen LogP contribution < -0.4 is 5.73 Å². The molecule has 0 aromatic carbocycles. The Hall–Kier alpha value is -0.990. The van der Waals surface area contributed by atoms with Gasteiger partial charge in [0.1, 0.15) is 0 Å². The summed E-state index contributed by atoms with van der Waals surface area (Å²) in [6.45, 7) is 15.1. The molecule has 0 aliphatic carbocycles. The molecule has 88 valence electrons. The molecule has 0 heterocycles. The first-order chi connectivity index (χ1) is 6.77. The molecule has 0 bridgehead atoms. The second-order valence-corrected chi connectivity index (χ2v) is 5.32. The Morgan fingerprint density at radius 1 is 1.47 bits per heavy atom. The number of hydrogen-bond acceptors (Lipinski definition) is 3. The van der Waals surface area contributed by atoms with Gasteiger partial charge in [-0.3, -0.25) is 5.01 Å². The molecule has 0 aromatic rings. The Balaban J connectivity index is 4.37. The number of allylic oxidation sites excluding steroid dienone is 1. The van der Waals surface area contributed by atoms with Crippen LogP contribution in [0.15, 0.2) is 17.0 Å². The summed E-state index contributed by atoms with van der Waals surface area (Å²) in [7, 11) is 0. The van der Waals surface area contributed by atoms with Crippen molar-refractivity contribution in [2.24, 2.45) is 22.2 Å². The first-order valence-electron chi connectivity index (χ1n) is 5.48. The normalized spacial score (nSPS) is 13.1. The first-order valence-corrected chi connectivity index (χ1v) is 5.48. The van der Waals surface area contributed by atoms with E-state index in [0.29, 0.717) is 5.92 Å². The Kier molecular flexibility index (Phi) is 5.40. The van der Waals surface area contributed by atoms with E-state index >= 15 is 0 Å². The van der Waals surface area contributed by atoms with E-state index in [1.165, 1.54) is 0 Å². The summed E-state index contributed by atoms with van der Waals surface area (Å²) in [5.74, 6) is 0.665. The van der Waals surface area contributed by atoms with Gasteiger partial charge in [-0.15, -0.1) is 0 Å². The lowest BCUT2D eigenvalue weighted by Gasteiger charge is -2.22. The van der Waals surface area contributed by atoms with Gasteiger partial charge in [-0.25, -0.2) is 0 Å². The molecular formula is C12H25N3. The maximum atomic E-state index is 5.97. The fourth-order valence-electron chi connectivity index (χ4n) is 0.921. The lowest BCUT2D eigenvalue weighted by atomic mass is 9.93. The number of nitrogens with two attached hydrogens (primary N) is 1. The van der Waals surface area contributed by atoms with Gasteiger partial charge < -0.3 is 5.73 Å². The van der Waals surface area contributed by atoms with Crippen LogP contribution >= 0.6 is 0 Å². The predicted molar refractivity (Wildman–Crippen MR) is 67.4 cm³/mol. The molecule has 0 radical (unpaired) electrons. The minimum Gasteiger partial charge on any atom is -0.400 e. The molecule has 0 unspecified atom stereocenters. The maximum absolute atomic E-state index is 5.97. The van der Waals surface area contributed by atoms with Crippen molar-refractivity contribution in [3.63, 3.8) is 0 Å². The van der Waals surface area contributed by atoms with Crippen molar-refractivity contribution < 1.29 is 0 Å². The molecule has 0 spiro atoms. The van der Waals surface area contributed by atoms with Gasteiger partial charge >= 0.3 is 0 Å². The monoisotopic (exact) mass is 211 g/mol. The molecule has 0 amide bonds. The minimum atomic E-state index is -0.0131. The van der Waals surface area contributed by atoms with Gasteiger partial charge in [0.05, 0.1) is 0 Å². The highest BCUT2D eigenvalue weighted by Gasteiger charge is 2.14. The minimum absolute atomic E-state index is 0.0131. The largest absolute Gasteiger partial charge is 0.400 e. The summed E-state index contributed by atoms with van der Waals surface area (Å²) in [4.78, 5) is 0. The zero-order valence-electron chi connectivity index (χ0n) is 10.7. The lowest BCUT2D eigenvalue weighted by Crippen LogP contribution is -2.22. The summed E-state index contributed by atoms with van der Waals surface area (Å²) in [6, 6.07) is 0. The third-order valence-electron chi connectivity index (χ3n) is 2.27. The Morgan fingerprint density at radius 2 is 2.00 bits per heavy atom. The third-order valence-corrected chi connectivity index (χ3v) is 2.27. The molecule has 0 aliphatic heterocycles. The summed E-state index contributed by atoms with van der Waals surface area (Å²) in [5.41, 5.74) is 6.78. The molecule has 3 heteroatoms. The SMILES string of the molecule is C=NN(/C=C(\N)C(C)(C)C)CCC(C)C. The Bertz CT molecular complexity index is 224. The van der Waals surface area contributed by atoms with E-state index in [1.54, 1.807) is 0 Å². The third kappa shape index (κ3) is 6.15. The van der Waals surface area contributed by atoms with Gasteiger partial charge in [0.2, 0.25) is 0 Å². The van der Waals surface area contributed by atoms with E-state index in [-0.39, 0.29) is 5.41 Å². The number of hydrogen-bond donors (Lipinski definition) is 1. The van der Waals surface area contributed by atoms with E-state index in [9.17, 15) is 0 Å². The molecule has 0 saturated carbocycles. The van der Waals surface area contributed by atoms with E-state index < -0.39 is 0 Å². The van der Waals surface area contributed by atoms with E-state index in [0.717, 1.165) is 18.7 Å². The van der Waals surface area contributed by atoms with Crippen LogP contribution in [0.1, 0.15) is 41.0 Å². The van der Waals surface area contributed by atoms with E-state index in [4.69, 9.17) is 5.73 Å². The molecule has 0 aliphatic rings. The molecular weight excluding hydrogens is 186 g/mol. The molecule has 0 fully saturated rings. The standard InChI is InChI=1S/C12H25N3/c1-10(2)7-8-15(14-6)9-11(13)12(3,4)5/h9-10H,6-8,13H2,1-5H3/b11-9-. The van der Waals surface area contributed by atoms with Crippen LogP contribution in [-0.2, 0) is 0 Å². The quantitative estimate of drug-likeness (QED) is 0.561. The summed E-state index contributed by atoms with van der Waals surface area (Å²) in [5, 5.41) is 5.76. The van der Waals surface area contributed by atoms with Crippen molar-refractivity contribution in [1.82, 2.24) is 5.01 Å². The average Bonchev–Trinajstić information content (AvgIpc) is 2.09. The van der Waals surface area contributed by atoms with Crippen molar-refractivity contribution in [3.8, 4) is 0 Å². The highest BCUT2D eigenvalue weighted by atomic mass is 15.4. The second-order valence-electron chi connectivity index (χ2n) is 5.32. The molecule has 0 atom stereocenters. The van der Waals surface area contributed by atoms with Gasteiger partial charge in [0.15, 0.2) is 0 Å². The van der Waals surface area contributed by atoms with Crippen molar-refractivity contribution >= 4 is 6.72 Å². The molecule has 3 nitrogen and oxygen atoms in total. The van der Waals surface area contributed by atoms with Crippen LogP contribution in [0.2, 0.25) is 0 Å². The molecule has 15 heavy (non-hydrogen) atoms. The molecule has 2 N–H and O–H groups in total. The van der Waals surface area contributed by atoms with Crippen molar-refractivity contribution in [2.75, 3.05) is 6.54 Å². The highest BCUT2D eigenvalue weighted by molar-refractivity contribution is 5.23. The number of hydrazone groups is 1. The summed E-state index contributed by atoms with van der Waals surface area (Å²) >= 11 is 0. The van der Waals surface area contributed by atoms with Crippen LogP contribution in [0.3, 0.4) is 0 Å².